The van der Waals surface area contributed by atoms with Crippen LogP contribution in [0.4, 0.5) is 17.1 Å². The Bertz CT molecular complexity index is 771. The van der Waals surface area contributed by atoms with E-state index >= 15 is 0 Å². The van der Waals surface area contributed by atoms with Crippen molar-refractivity contribution in [2.45, 2.75) is 0 Å². The van der Waals surface area contributed by atoms with Crippen molar-refractivity contribution in [2.24, 2.45) is 0 Å². The number of hydrogen-bond acceptors (Lipinski definition) is 4. The molecule has 1 aliphatic rings. The fourth-order valence-corrected chi connectivity index (χ4v) is 2.94. The molecule has 1 saturated heterocycles. The number of nitro benzene ring substituents is 1. The third-order valence-corrected chi connectivity index (χ3v) is 4.42. The molecule has 2 aromatic carbocycles. The van der Waals surface area contributed by atoms with E-state index in [1.54, 1.807) is 18.2 Å². The zero-order valence-electron chi connectivity index (χ0n) is 14.1. The lowest BCUT2D eigenvalue weighted by molar-refractivity contribution is -0.880. The van der Waals surface area contributed by atoms with Crippen LogP contribution in [0.5, 0.6) is 0 Å². The van der Waals surface area contributed by atoms with Crippen LogP contribution < -0.4 is 15.1 Å². The number of carbonyl (C=O) groups is 1. The molecule has 1 heterocycles. The molecule has 3 rings (SSSR count). The highest BCUT2D eigenvalue weighted by Gasteiger charge is 2.24. The first-order valence-electron chi connectivity index (χ1n) is 8.25. The monoisotopic (exact) mass is 341 g/mol. The number of para-hydroxylation sites is 1. The second-order valence-corrected chi connectivity index (χ2v) is 6.22. The zero-order valence-corrected chi connectivity index (χ0v) is 14.1. The maximum atomic E-state index is 12.8. The zero-order chi connectivity index (χ0) is 17.8. The molecule has 0 spiro atoms. The second-order valence-electron chi connectivity index (χ2n) is 6.22. The predicted molar refractivity (Wildman–Crippen MR) is 96.3 cm³/mol. The van der Waals surface area contributed by atoms with Crippen LogP contribution in [0, 0.1) is 10.1 Å². The SMILES string of the molecule is C[NH+]1CCN(c2ccc([N+](=O)[O-])cc2C(=O)Nc2ccccc2)CC1. The van der Waals surface area contributed by atoms with Gasteiger partial charge in [0.25, 0.3) is 11.6 Å². The molecule has 1 fully saturated rings. The average Bonchev–Trinajstić information content (AvgIpc) is 2.62. The Hall–Kier alpha value is -2.93. The van der Waals surface area contributed by atoms with Crippen molar-refractivity contribution in [3.05, 3.63) is 64.2 Å². The van der Waals surface area contributed by atoms with Crippen molar-refractivity contribution >= 4 is 23.0 Å². The standard InChI is InChI=1S/C18H20N4O3/c1-20-9-11-21(12-10-20)17-8-7-15(22(24)25)13-16(17)18(23)19-14-5-3-2-4-6-14/h2-8,13H,9-12H2,1H3,(H,19,23)/p+1. The lowest BCUT2D eigenvalue weighted by Crippen LogP contribution is -3.12. The van der Waals surface area contributed by atoms with E-state index in [2.05, 4.69) is 17.3 Å². The molecule has 0 bridgehead atoms. The van der Waals surface area contributed by atoms with E-state index in [1.165, 1.54) is 17.0 Å². The van der Waals surface area contributed by atoms with E-state index in [-0.39, 0.29) is 11.6 Å². The number of benzene rings is 2. The molecule has 2 aromatic rings. The quantitative estimate of drug-likeness (QED) is 0.646. The minimum absolute atomic E-state index is 0.0817. The molecule has 7 nitrogen and oxygen atoms in total. The third kappa shape index (κ3) is 3.95. The Labute approximate surface area is 146 Å². The summed E-state index contributed by atoms with van der Waals surface area (Å²) in [5.41, 5.74) is 1.65. The molecule has 1 aliphatic heterocycles. The number of carbonyl (C=O) groups excluding carboxylic acids is 1. The molecule has 0 aromatic heterocycles. The van der Waals surface area contributed by atoms with Gasteiger partial charge < -0.3 is 15.1 Å². The molecule has 0 radical (unpaired) electrons. The predicted octanol–water partition coefficient (Wildman–Crippen LogP) is 1.18. The first-order chi connectivity index (χ1) is 12.0. The molecule has 0 atom stereocenters. The molecular formula is C18H21N4O3+. The van der Waals surface area contributed by atoms with Crippen LogP contribution in [-0.2, 0) is 0 Å². The number of nitrogens with one attached hydrogen (secondary N) is 2. The number of amides is 1. The van der Waals surface area contributed by atoms with Gasteiger partial charge in [0.05, 0.1) is 49.4 Å². The van der Waals surface area contributed by atoms with Gasteiger partial charge in [-0.25, -0.2) is 0 Å². The van der Waals surface area contributed by atoms with Crippen molar-refractivity contribution in [1.82, 2.24) is 0 Å². The summed E-state index contributed by atoms with van der Waals surface area (Å²) in [5, 5.41) is 13.9. The van der Waals surface area contributed by atoms with Crippen molar-refractivity contribution in [2.75, 3.05) is 43.4 Å². The highest BCUT2D eigenvalue weighted by Crippen LogP contribution is 2.26. The molecule has 0 aliphatic carbocycles. The van der Waals surface area contributed by atoms with Gasteiger partial charge in [-0.3, -0.25) is 14.9 Å². The number of likely N-dealkylation sites (N-methyl/N-ethyl adjacent to an activating group) is 1. The number of non-ortho nitro benzene ring substituents is 1. The number of hydrogen-bond donors (Lipinski definition) is 2. The first-order valence-corrected chi connectivity index (χ1v) is 8.25. The summed E-state index contributed by atoms with van der Waals surface area (Å²) in [4.78, 5) is 27.0. The van der Waals surface area contributed by atoms with Crippen LogP contribution in [0.2, 0.25) is 0 Å². The molecule has 0 saturated carbocycles. The fourth-order valence-electron chi connectivity index (χ4n) is 2.94. The number of piperazine rings is 1. The smallest absolute Gasteiger partial charge is 0.270 e. The van der Waals surface area contributed by atoms with Crippen LogP contribution in [0.25, 0.3) is 0 Å². The van der Waals surface area contributed by atoms with Crippen LogP contribution in [0.3, 0.4) is 0 Å². The van der Waals surface area contributed by atoms with E-state index in [4.69, 9.17) is 0 Å². The van der Waals surface area contributed by atoms with E-state index in [9.17, 15) is 14.9 Å². The summed E-state index contributed by atoms with van der Waals surface area (Å²) >= 11 is 0. The van der Waals surface area contributed by atoms with Gasteiger partial charge in [-0.1, -0.05) is 18.2 Å². The molecule has 130 valence electrons. The van der Waals surface area contributed by atoms with E-state index in [0.29, 0.717) is 11.3 Å². The van der Waals surface area contributed by atoms with Gasteiger partial charge in [0.15, 0.2) is 0 Å². The number of rotatable bonds is 4. The van der Waals surface area contributed by atoms with Crippen molar-refractivity contribution in [3.63, 3.8) is 0 Å². The summed E-state index contributed by atoms with van der Waals surface area (Å²) in [6.45, 7) is 3.57. The van der Waals surface area contributed by atoms with Crippen molar-refractivity contribution < 1.29 is 14.6 Å². The van der Waals surface area contributed by atoms with Crippen LogP contribution in [0.1, 0.15) is 10.4 Å². The highest BCUT2D eigenvalue weighted by atomic mass is 16.6. The Morgan fingerprint density at radius 2 is 1.84 bits per heavy atom. The molecule has 2 N–H and O–H groups in total. The molecule has 25 heavy (non-hydrogen) atoms. The molecule has 7 heteroatoms. The topological polar surface area (TPSA) is 79.9 Å². The summed E-state index contributed by atoms with van der Waals surface area (Å²) in [6.07, 6.45) is 0. The number of nitro groups is 1. The van der Waals surface area contributed by atoms with Crippen LogP contribution >= 0.6 is 0 Å². The highest BCUT2D eigenvalue weighted by molar-refractivity contribution is 6.08. The van der Waals surface area contributed by atoms with Gasteiger partial charge in [0.2, 0.25) is 0 Å². The van der Waals surface area contributed by atoms with Gasteiger partial charge in [-0.15, -0.1) is 0 Å². The van der Waals surface area contributed by atoms with Gasteiger partial charge in [0.1, 0.15) is 0 Å². The first kappa shape index (κ1) is 16.9. The Morgan fingerprint density at radius 1 is 1.16 bits per heavy atom. The largest absolute Gasteiger partial charge is 0.360 e. The summed E-state index contributed by atoms with van der Waals surface area (Å²) in [7, 11) is 2.14. The van der Waals surface area contributed by atoms with Crippen molar-refractivity contribution in [3.8, 4) is 0 Å². The van der Waals surface area contributed by atoms with Gasteiger partial charge in [-0.2, -0.15) is 0 Å². The second kappa shape index (κ2) is 7.31. The molecule has 1 amide bonds. The average molecular weight is 341 g/mol. The van der Waals surface area contributed by atoms with Gasteiger partial charge in [0, 0.05) is 17.8 Å². The summed E-state index contributed by atoms with van der Waals surface area (Å²) in [5.74, 6) is -0.337. The third-order valence-electron chi connectivity index (χ3n) is 4.42. The summed E-state index contributed by atoms with van der Waals surface area (Å²) < 4.78 is 0. The number of anilines is 2. The van der Waals surface area contributed by atoms with Crippen LogP contribution in [-0.4, -0.2) is 44.1 Å². The van der Waals surface area contributed by atoms with E-state index in [0.717, 1.165) is 31.9 Å². The minimum atomic E-state index is -0.475. The Morgan fingerprint density at radius 3 is 2.48 bits per heavy atom. The van der Waals surface area contributed by atoms with E-state index in [1.807, 2.05) is 18.2 Å². The Kier molecular flexibility index (Phi) is 4.95. The number of quaternary nitrogens is 1. The van der Waals surface area contributed by atoms with Crippen LogP contribution in [0.15, 0.2) is 48.5 Å². The maximum Gasteiger partial charge on any atom is 0.270 e. The maximum absolute atomic E-state index is 12.8. The van der Waals surface area contributed by atoms with E-state index < -0.39 is 4.92 Å². The minimum Gasteiger partial charge on any atom is -0.360 e. The number of nitrogens with zero attached hydrogens (tertiary/aromatic N) is 2. The van der Waals surface area contributed by atoms with Crippen molar-refractivity contribution in [1.29, 1.82) is 0 Å². The lowest BCUT2D eigenvalue weighted by atomic mass is 10.1. The lowest BCUT2D eigenvalue weighted by Gasteiger charge is -2.32. The Balaban J connectivity index is 1.92. The van der Waals surface area contributed by atoms with Gasteiger partial charge in [-0.05, 0) is 18.2 Å². The van der Waals surface area contributed by atoms with Gasteiger partial charge >= 0.3 is 0 Å². The molecule has 0 unspecified atom stereocenters. The molecular weight excluding hydrogens is 320 g/mol. The summed E-state index contributed by atoms with van der Waals surface area (Å²) in [6, 6.07) is 13.6. The normalized spacial score (nSPS) is 15.0. The fraction of sp³-hybridized carbons (Fsp3) is 0.278.